The van der Waals surface area contributed by atoms with Crippen molar-refractivity contribution in [3.63, 3.8) is 0 Å². The molecule has 24 heteroatoms. The minimum Gasteiger partial charge on any atom is -0.462 e. The maximum atomic E-state index is 13.6. The Bertz CT molecular complexity index is 2250. The van der Waals surface area contributed by atoms with Crippen molar-refractivity contribution in [1.29, 1.82) is 0 Å². The maximum absolute atomic E-state index is 13.6. The van der Waals surface area contributed by atoms with Crippen LogP contribution >= 0.6 is 15.2 Å². The molecule has 4 amide bonds. The fourth-order valence-electron chi connectivity index (χ4n) is 13.0. The highest BCUT2D eigenvalue weighted by Crippen LogP contribution is 2.44. The molecule has 0 aromatic heterocycles. The van der Waals surface area contributed by atoms with Gasteiger partial charge in [0.1, 0.15) is 12.2 Å². The minimum atomic E-state index is -3.82. The molecule has 0 heterocycles. The summed E-state index contributed by atoms with van der Waals surface area (Å²) in [4.78, 5) is 78.7. The van der Waals surface area contributed by atoms with Gasteiger partial charge >= 0.3 is 27.1 Å². The normalized spacial score (nSPS) is 14.5. The largest absolute Gasteiger partial charge is 0.462 e. The number of hydrogen-bond donors (Lipinski definition) is 6. The van der Waals surface area contributed by atoms with Crippen LogP contribution in [-0.2, 0) is 74.9 Å². The molecule has 0 spiro atoms. The summed E-state index contributed by atoms with van der Waals surface area (Å²) in [6, 6.07) is -1.41. The fraction of sp³-hybridized carbons (Fsp3) is 0.886. The zero-order valence-electron chi connectivity index (χ0n) is 72.3. The molecule has 0 radical (unpaired) electrons. The van der Waals surface area contributed by atoms with E-state index in [9.17, 15) is 48.1 Å². The average molecular weight is 1630 g/mol. The quantitative estimate of drug-likeness (QED) is 0.0143. The number of esters is 2. The fourth-order valence-corrected chi connectivity index (χ4v) is 14.9. The van der Waals surface area contributed by atoms with Gasteiger partial charge in [-0.25, -0.2) is 0 Å². The number of carbonyl (C=O) groups excluding carboxylic acids is 6. The van der Waals surface area contributed by atoms with Crippen molar-refractivity contribution in [1.82, 2.24) is 21.3 Å². The van der Waals surface area contributed by atoms with Crippen LogP contribution < -0.4 is 21.3 Å². The number of aliphatic hydroxyl groups excluding tert-OH is 2. The van der Waals surface area contributed by atoms with Crippen LogP contribution in [0.3, 0.4) is 0 Å². The molecular weight excluding hydrogens is 1460 g/mol. The molecule has 112 heavy (non-hydrogen) atoms. The smallest absolute Gasteiger partial charge is 0.327 e. The second-order valence-electron chi connectivity index (χ2n) is 31.2. The Hall–Kier alpha value is -3.56. The van der Waals surface area contributed by atoms with Gasteiger partial charge < -0.3 is 68.5 Å². The van der Waals surface area contributed by atoms with Gasteiger partial charge in [0, 0.05) is 64.9 Å². The van der Waals surface area contributed by atoms with Crippen LogP contribution in [0, 0.1) is 0 Å². The zero-order valence-corrected chi connectivity index (χ0v) is 74.1. The van der Waals surface area contributed by atoms with E-state index in [2.05, 4.69) is 87.1 Å². The van der Waals surface area contributed by atoms with Gasteiger partial charge in [-0.05, 0) is 89.9 Å². The Kier molecular flexibility index (Phi) is 76.1. The van der Waals surface area contributed by atoms with Crippen LogP contribution in [0.25, 0.3) is 0 Å². The molecule has 0 fully saturated rings. The Morgan fingerprint density at radius 1 is 0.321 bits per heavy atom. The molecule has 0 saturated heterocycles. The number of hydrogen-bond acceptors (Lipinski definition) is 18. The molecule has 0 aliphatic heterocycles. The average Bonchev–Trinajstić information content (AvgIpc) is 0.904. The third-order valence-corrected chi connectivity index (χ3v) is 22.5. The zero-order chi connectivity index (χ0) is 82.5. The molecule has 0 saturated carbocycles. The van der Waals surface area contributed by atoms with Crippen LogP contribution in [0.4, 0.5) is 0 Å². The van der Waals surface area contributed by atoms with E-state index in [0.29, 0.717) is 38.5 Å². The van der Waals surface area contributed by atoms with Crippen molar-refractivity contribution in [3.05, 3.63) is 24.3 Å². The van der Waals surface area contributed by atoms with Crippen LogP contribution in [0.15, 0.2) is 24.3 Å². The van der Waals surface area contributed by atoms with Crippen LogP contribution in [0.1, 0.15) is 388 Å². The molecule has 0 aliphatic carbocycles. The van der Waals surface area contributed by atoms with E-state index in [0.717, 1.165) is 167 Å². The first kappa shape index (κ1) is 108. The van der Waals surface area contributed by atoms with Gasteiger partial charge in [0.25, 0.3) is 11.8 Å². The standard InChI is InChI=1S/C88H168N4O18P2/c1-9-15-21-27-31-35-37-41-43-49-55-61-81(93)91-77(73-103-69-65-79(59-53-47-25-19-13-5)109-83(95)63-57-51-45-39-33-29-23-17-11-3)75-107-111(7,101)105-71-67-89-87(99)85(97)86(98)88(100)90-68-72-106-112(8,102)108-76-78(92-82(94)62-56-50-44-42-38-36-32-28-22-16-10-2)74-104-70-66-80(60-54-48-26-20-14-6)110-84(96)64-58-52-46-40-34-30-24-18-12-4/h39-40,45-46,77-80,85-86,97-98H,9-38,41-44,47-76H2,1-8H3,(H,89,99)(H,90,100)(H,91,93)(H,92,94)/b45-39-,46-40-/t77-,78-,79?,80?,85-,86+,111?,112?/m1/s1. The summed E-state index contributed by atoms with van der Waals surface area (Å²) in [5, 5.41) is 32.1. The van der Waals surface area contributed by atoms with E-state index in [1.807, 2.05) is 0 Å². The lowest BCUT2D eigenvalue weighted by atomic mass is 10.1. The van der Waals surface area contributed by atoms with Crippen LogP contribution in [-0.4, -0.2) is 162 Å². The van der Waals surface area contributed by atoms with Gasteiger partial charge in [-0.1, -0.05) is 284 Å². The number of allylic oxidation sites excluding steroid dienone is 4. The molecule has 0 aliphatic rings. The number of amides is 4. The summed E-state index contributed by atoms with van der Waals surface area (Å²) in [6.07, 6.45) is 58.2. The molecule has 22 nitrogen and oxygen atoms in total. The second kappa shape index (κ2) is 78.6. The molecular formula is C88H168N4O18P2. The highest BCUT2D eigenvalue weighted by molar-refractivity contribution is 7.53. The Morgan fingerprint density at radius 2 is 0.598 bits per heavy atom. The number of ether oxygens (including phenoxy) is 4. The Balaban J connectivity index is 5.65. The third-order valence-electron chi connectivity index (χ3n) is 20.0. The predicted octanol–water partition coefficient (Wildman–Crippen LogP) is 20.8. The molecule has 0 aromatic rings. The first-order chi connectivity index (χ1) is 54.3. The monoisotopic (exact) mass is 1630 g/mol. The lowest BCUT2D eigenvalue weighted by Crippen LogP contribution is -2.50. The highest BCUT2D eigenvalue weighted by Gasteiger charge is 2.31. The van der Waals surface area contributed by atoms with Gasteiger partial charge in [-0.3, -0.25) is 37.9 Å². The lowest BCUT2D eigenvalue weighted by Gasteiger charge is -2.23. The first-order valence-electron chi connectivity index (χ1n) is 45.3. The number of unbranched alkanes of at least 4 members (excludes halogenated alkanes) is 38. The van der Waals surface area contributed by atoms with Gasteiger partial charge in [0.2, 0.25) is 11.8 Å². The summed E-state index contributed by atoms with van der Waals surface area (Å²) in [6.45, 7) is 14.5. The lowest BCUT2D eigenvalue weighted by molar-refractivity contribution is -0.151. The molecule has 658 valence electrons. The van der Waals surface area contributed by atoms with Crippen LogP contribution in [0.2, 0.25) is 0 Å². The molecule has 4 unspecified atom stereocenters. The van der Waals surface area contributed by atoms with Crippen molar-refractivity contribution in [2.75, 3.05) is 79.3 Å². The predicted molar refractivity (Wildman–Crippen MR) is 456 cm³/mol. The van der Waals surface area contributed by atoms with E-state index in [1.54, 1.807) is 0 Å². The number of nitrogens with one attached hydrogen (secondary N) is 4. The number of carbonyl (C=O) groups is 6. The number of aliphatic hydroxyl groups is 2. The van der Waals surface area contributed by atoms with Gasteiger partial charge in [-0.2, -0.15) is 0 Å². The van der Waals surface area contributed by atoms with E-state index in [1.165, 1.54) is 155 Å². The van der Waals surface area contributed by atoms with Crippen molar-refractivity contribution in [3.8, 4) is 0 Å². The summed E-state index contributed by atoms with van der Waals surface area (Å²) >= 11 is 0. The van der Waals surface area contributed by atoms with Crippen LogP contribution in [0.5, 0.6) is 0 Å². The molecule has 0 aromatic carbocycles. The summed E-state index contributed by atoms with van der Waals surface area (Å²) in [5.74, 6) is -3.07. The summed E-state index contributed by atoms with van der Waals surface area (Å²) in [5.41, 5.74) is 0. The minimum absolute atomic E-state index is 0.0255. The molecule has 8 atom stereocenters. The van der Waals surface area contributed by atoms with Gasteiger partial charge in [-0.15, -0.1) is 0 Å². The highest BCUT2D eigenvalue weighted by atomic mass is 31.2. The third kappa shape index (κ3) is 71.7. The Labute approximate surface area is 682 Å². The second-order valence-corrected chi connectivity index (χ2v) is 35.3. The molecule has 0 bridgehead atoms. The molecule has 6 N–H and O–H groups in total. The summed E-state index contributed by atoms with van der Waals surface area (Å²) < 4.78 is 74.2. The van der Waals surface area contributed by atoms with E-state index in [-0.39, 0.29) is 102 Å². The summed E-state index contributed by atoms with van der Waals surface area (Å²) in [7, 11) is -7.65. The van der Waals surface area contributed by atoms with Crippen molar-refractivity contribution in [2.45, 2.75) is 425 Å². The van der Waals surface area contributed by atoms with Crippen molar-refractivity contribution in [2.24, 2.45) is 0 Å². The van der Waals surface area contributed by atoms with Crippen molar-refractivity contribution >= 4 is 50.8 Å². The van der Waals surface area contributed by atoms with Gasteiger partial charge in [0.15, 0.2) is 12.2 Å². The number of rotatable bonds is 85. The van der Waals surface area contributed by atoms with E-state index in [4.69, 9.17) is 37.0 Å². The van der Waals surface area contributed by atoms with Crippen molar-refractivity contribution < 1.29 is 85.2 Å². The van der Waals surface area contributed by atoms with E-state index >= 15 is 0 Å². The van der Waals surface area contributed by atoms with E-state index < -0.39 is 51.3 Å². The SMILES string of the molecule is CCCCCC/C=C\CCCC(=O)OC(CCCCCCC)CCOC[C@H](COP(C)(=O)OCCNC(=O)[C@@H](O)[C@@H](O)C(=O)NCCOP(C)(=O)OC[C@@H](COCCC(CCCCCCC)OC(=O)CCC/C=C\CCCCCC)NC(=O)CCCCCCCCCCCCC)NC(=O)CCCCCCCCCCCCC. The Morgan fingerprint density at radius 3 is 0.911 bits per heavy atom. The topological polar surface area (TPSA) is 299 Å². The van der Waals surface area contributed by atoms with Gasteiger partial charge in [0.05, 0.1) is 64.9 Å². The maximum Gasteiger partial charge on any atom is 0.327 e. The first-order valence-corrected chi connectivity index (χ1v) is 49.3. The molecule has 0 rings (SSSR count).